The second-order valence-corrected chi connectivity index (χ2v) is 6.92. The first-order valence-corrected chi connectivity index (χ1v) is 10.2. The summed E-state index contributed by atoms with van der Waals surface area (Å²) in [6.07, 6.45) is 20.8. The molecule has 5 heteroatoms. The van der Waals surface area contributed by atoms with Crippen molar-refractivity contribution in [1.82, 2.24) is 0 Å². The van der Waals surface area contributed by atoms with Crippen LogP contribution in [0.15, 0.2) is 12.2 Å². The third-order valence-corrected chi connectivity index (χ3v) is 4.23. The summed E-state index contributed by atoms with van der Waals surface area (Å²) in [5.41, 5.74) is 5.34. The van der Waals surface area contributed by atoms with E-state index in [1.54, 1.807) is 0 Å². The molecule has 0 fully saturated rings. The summed E-state index contributed by atoms with van der Waals surface area (Å²) in [7, 11) is 0. The van der Waals surface area contributed by atoms with Gasteiger partial charge in [0.25, 0.3) is 0 Å². The molecule has 2 N–H and O–H groups in total. The quantitative estimate of drug-likeness (QED) is 0.134. The van der Waals surface area contributed by atoms with Gasteiger partial charge in [-0.25, -0.2) is 4.79 Å². The molecule has 0 saturated carbocycles. The Kier molecular flexibility index (Phi) is 22.8. The van der Waals surface area contributed by atoms with Gasteiger partial charge in [-0.05, 0) is 39.0 Å². The molecule has 0 spiro atoms. The minimum absolute atomic E-state index is 0. The molecule has 4 nitrogen and oxygen atoms in total. The smallest absolute Gasteiger partial charge is 0.330 e. The zero-order valence-electron chi connectivity index (χ0n) is 17.4. The molecule has 0 aromatic heterocycles. The van der Waals surface area contributed by atoms with E-state index in [0.717, 1.165) is 25.7 Å². The number of esters is 2. The number of allylic oxidation sites excluding steroid dienone is 2. The van der Waals surface area contributed by atoms with Crippen molar-refractivity contribution in [3.05, 3.63) is 12.2 Å². The number of hydrogen-bond acceptors (Lipinski definition) is 4. The Labute approximate surface area is 183 Å². The van der Waals surface area contributed by atoms with Gasteiger partial charge in [-0.1, -0.05) is 70.4 Å². The number of unbranched alkanes of at least 4 members (excludes halogenated alkanes) is 11. The van der Waals surface area contributed by atoms with E-state index in [1.165, 1.54) is 64.7 Å². The van der Waals surface area contributed by atoms with E-state index in [0.29, 0.717) is 6.42 Å². The fraction of sp³-hybridized carbons (Fsp3) is 0.810. The van der Waals surface area contributed by atoms with Crippen molar-refractivity contribution >= 4 is 41.5 Å². The summed E-state index contributed by atoms with van der Waals surface area (Å²) >= 11 is 0. The van der Waals surface area contributed by atoms with Gasteiger partial charge in [0.15, 0.2) is 0 Å². The van der Waals surface area contributed by atoms with E-state index < -0.39 is 18.0 Å². The van der Waals surface area contributed by atoms with Gasteiger partial charge in [-0.15, -0.1) is 0 Å². The van der Waals surface area contributed by atoms with Gasteiger partial charge < -0.3 is 10.5 Å². The monoisotopic (exact) mass is 376 g/mol. The molecule has 0 aliphatic rings. The van der Waals surface area contributed by atoms with Crippen LogP contribution < -0.4 is 5.73 Å². The first-order valence-electron chi connectivity index (χ1n) is 10.2. The van der Waals surface area contributed by atoms with Crippen molar-refractivity contribution in [2.75, 3.05) is 0 Å². The van der Waals surface area contributed by atoms with Crippen LogP contribution in [0, 0.1) is 0 Å². The predicted octanol–water partition coefficient (Wildman–Crippen LogP) is 5.06. The van der Waals surface area contributed by atoms with Crippen LogP contribution in [0.25, 0.3) is 0 Å². The van der Waals surface area contributed by atoms with Crippen molar-refractivity contribution in [1.29, 1.82) is 0 Å². The Bertz CT molecular complexity index is 370. The summed E-state index contributed by atoms with van der Waals surface area (Å²) in [6.45, 7) is 3.76. The Hall–Kier alpha value is -0.160. The van der Waals surface area contributed by atoms with Crippen LogP contribution in [0.1, 0.15) is 104 Å². The topological polar surface area (TPSA) is 69.4 Å². The third-order valence-electron chi connectivity index (χ3n) is 4.23. The standard InChI is InChI=1S/C21H39NO3.Na/c1-3-4-5-6-7-8-9-10-11-12-13-14-15-16-17-18-20(23)25-21(24)19(2)22;/h10-11,19H,3-9,12-18,22H2,1-2H3;/b11-10-;. The van der Waals surface area contributed by atoms with Crippen molar-refractivity contribution in [3.8, 4) is 0 Å². The molecule has 0 saturated heterocycles. The van der Waals surface area contributed by atoms with E-state index in [2.05, 4.69) is 23.8 Å². The third kappa shape index (κ3) is 20.2. The van der Waals surface area contributed by atoms with Crippen LogP contribution in [0.4, 0.5) is 0 Å². The van der Waals surface area contributed by atoms with Gasteiger partial charge in [0.2, 0.25) is 0 Å². The number of ether oxygens (including phenoxy) is 1. The zero-order chi connectivity index (χ0) is 18.8. The first kappa shape index (κ1) is 28.1. The van der Waals surface area contributed by atoms with E-state index >= 15 is 0 Å². The Morgan fingerprint density at radius 1 is 0.846 bits per heavy atom. The van der Waals surface area contributed by atoms with E-state index in [1.807, 2.05) is 0 Å². The van der Waals surface area contributed by atoms with Crippen LogP contribution in [0.5, 0.6) is 0 Å². The van der Waals surface area contributed by atoms with Crippen LogP contribution in [-0.2, 0) is 14.3 Å². The number of carbonyl (C=O) groups excluding carboxylic acids is 2. The largest absolute Gasteiger partial charge is 0.392 e. The minimum Gasteiger partial charge on any atom is -0.392 e. The normalized spacial score (nSPS) is 12.0. The summed E-state index contributed by atoms with van der Waals surface area (Å²) < 4.78 is 4.62. The molecule has 147 valence electrons. The van der Waals surface area contributed by atoms with Gasteiger partial charge in [0.1, 0.15) is 6.04 Å². The molecule has 26 heavy (non-hydrogen) atoms. The molecule has 0 bridgehead atoms. The Balaban J connectivity index is 0. The molecule has 0 aliphatic heterocycles. The van der Waals surface area contributed by atoms with Gasteiger partial charge in [-0.2, -0.15) is 0 Å². The fourth-order valence-electron chi connectivity index (χ4n) is 2.60. The predicted molar refractivity (Wildman–Crippen MR) is 110 cm³/mol. The van der Waals surface area contributed by atoms with Crippen molar-refractivity contribution < 1.29 is 14.3 Å². The maximum Gasteiger partial charge on any atom is 0.330 e. The van der Waals surface area contributed by atoms with Crippen molar-refractivity contribution in [2.45, 2.75) is 110 Å². The zero-order valence-corrected chi connectivity index (χ0v) is 19.4. The number of rotatable bonds is 16. The van der Waals surface area contributed by atoms with Gasteiger partial charge in [-0.3, -0.25) is 4.79 Å². The number of nitrogens with two attached hydrogens (primary N) is 1. The molecule has 0 amide bonds. The molecular weight excluding hydrogens is 337 g/mol. The SMILES string of the molecule is CCCCCCCC/C=C\CCCCCCCC(=O)OC(=O)C(C)N.[Na]. The summed E-state index contributed by atoms with van der Waals surface area (Å²) in [4.78, 5) is 22.5. The maximum atomic E-state index is 11.4. The molecule has 0 aliphatic carbocycles. The molecule has 1 radical (unpaired) electrons. The summed E-state index contributed by atoms with van der Waals surface area (Å²) in [6, 6.07) is -0.738. The molecule has 1 atom stereocenters. The Morgan fingerprint density at radius 3 is 1.81 bits per heavy atom. The van der Waals surface area contributed by atoms with E-state index in [-0.39, 0.29) is 29.6 Å². The molecule has 0 heterocycles. The van der Waals surface area contributed by atoms with E-state index in [9.17, 15) is 9.59 Å². The van der Waals surface area contributed by atoms with E-state index in [4.69, 9.17) is 5.73 Å². The minimum atomic E-state index is -0.738. The second kappa shape index (κ2) is 21.1. The fourth-order valence-corrected chi connectivity index (χ4v) is 2.60. The van der Waals surface area contributed by atoms with Crippen LogP contribution in [-0.4, -0.2) is 47.5 Å². The summed E-state index contributed by atoms with van der Waals surface area (Å²) in [5.74, 6) is -1.10. The average Bonchev–Trinajstić information content (AvgIpc) is 2.58. The number of hydrogen-bond donors (Lipinski definition) is 1. The van der Waals surface area contributed by atoms with Crippen LogP contribution >= 0.6 is 0 Å². The first-order chi connectivity index (χ1) is 12.1. The molecule has 1 unspecified atom stereocenters. The van der Waals surface area contributed by atoms with Crippen molar-refractivity contribution in [3.63, 3.8) is 0 Å². The Morgan fingerprint density at radius 2 is 1.31 bits per heavy atom. The maximum absolute atomic E-state index is 11.4. The van der Waals surface area contributed by atoms with Crippen LogP contribution in [0.3, 0.4) is 0 Å². The van der Waals surface area contributed by atoms with Gasteiger partial charge in [0.05, 0.1) is 0 Å². The molecule has 0 aromatic rings. The van der Waals surface area contributed by atoms with Crippen LogP contribution in [0.2, 0.25) is 0 Å². The molecule has 0 aromatic carbocycles. The average molecular weight is 377 g/mol. The second-order valence-electron chi connectivity index (χ2n) is 6.92. The number of carbonyl (C=O) groups is 2. The van der Waals surface area contributed by atoms with Gasteiger partial charge in [0, 0.05) is 36.0 Å². The molecular formula is C21H39NNaO3. The summed E-state index contributed by atoms with van der Waals surface area (Å²) in [5, 5.41) is 0. The molecule has 0 rings (SSSR count). The van der Waals surface area contributed by atoms with Gasteiger partial charge >= 0.3 is 11.9 Å². The van der Waals surface area contributed by atoms with Crippen molar-refractivity contribution in [2.24, 2.45) is 5.73 Å².